The van der Waals surface area contributed by atoms with Crippen LogP contribution in [-0.4, -0.2) is 52.0 Å². The number of carbonyl (C=O) groups is 1. The van der Waals surface area contributed by atoms with Gasteiger partial charge >= 0.3 is 0 Å². The van der Waals surface area contributed by atoms with Crippen LogP contribution in [0.1, 0.15) is 15.9 Å². The van der Waals surface area contributed by atoms with Gasteiger partial charge in [0.2, 0.25) is 10.0 Å². The minimum absolute atomic E-state index is 0.0299. The van der Waals surface area contributed by atoms with Crippen molar-refractivity contribution in [3.05, 3.63) is 52.5 Å². The van der Waals surface area contributed by atoms with Gasteiger partial charge in [0, 0.05) is 23.8 Å². The zero-order chi connectivity index (χ0) is 20.3. The molecule has 1 N–H and O–H groups in total. The van der Waals surface area contributed by atoms with Crippen molar-refractivity contribution in [2.24, 2.45) is 0 Å². The van der Waals surface area contributed by atoms with Gasteiger partial charge in [0.15, 0.2) is 0 Å². The zero-order valence-electron chi connectivity index (χ0n) is 15.6. The zero-order valence-corrected chi connectivity index (χ0v) is 17.1. The minimum Gasteiger partial charge on any atom is -0.496 e. The summed E-state index contributed by atoms with van der Waals surface area (Å²) in [7, 11) is -2.31. The lowest BCUT2D eigenvalue weighted by molar-refractivity contribution is 0.0730. The molecule has 1 fully saturated rings. The highest BCUT2D eigenvalue weighted by molar-refractivity contribution is 7.89. The van der Waals surface area contributed by atoms with Crippen molar-refractivity contribution in [1.82, 2.24) is 4.31 Å². The van der Waals surface area contributed by atoms with Gasteiger partial charge in [-0.1, -0.05) is 17.7 Å². The summed E-state index contributed by atoms with van der Waals surface area (Å²) in [6.07, 6.45) is 0. The van der Waals surface area contributed by atoms with E-state index < -0.39 is 15.9 Å². The lowest BCUT2D eigenvalue weighted by Crippen LogP contribution is -2.40. The molecule has 0 unspecified atom stereocenters. The number of nitrogens with zero attached hydrogens (tertiary/aromatic N) is 1. The number of sulfonamides is 1. The molecular weight excluding hydrogens is 404 g/mol. The quantitative estimate of drug-likeness (QED) is 0.797. The number of anilines is 1. The van der Waals surface area contributed by atoms with Crippen LogP contribution >= 0.6 is 11.6 Å². The molecule has 0 aliphatic carbocycles. The number of nitrogens with one attached hydrogen (secondary N) is 1. The van der Waals surface area contributed by atoms with Crippen molar-refractivity contribution in [3.8, 4) is 5.75 Å². The summed E-state index contributed by atoms with van der Waals surface area (Å²) in [6, 6.07) is 9.38. The average Bonchev–Trinajstić information content (AvgIpc) is 2.70. The molecule has 0 radical (unpaired) electrons. The normalized spacial score (nSPS) is 15.2. The number of benzene rings is 2. The molecule has 2 aromatic carbocycles. The van der Waals surface area contributed by atoms with Crippen molar-refractivity contribution < 1.29 is 22.7 Å². The molecule has 2 aromatic rings. The first-order chi connectivity index (χ1) is 13.3. The summed E-state index contributed by atoms with van der Waals surface area (Å²) in [5.41, 5.74) is 1.51. The molecule has 1 aliphatic heterocycles. The topological polar surface area (TPSA) is 84.9 Å². The molecule has 7 nitrogen and oxygen atoms in total. The second-order valence-electron chi connectivity index (χ2n) is 6.30. The van der Waals surface area contributed by atoms with Crippen molar-refractivity contribution in [1.29, 1.82) is 0 Å². The van der Waals surface area contributed by atoms with Crippen LogP contribution in [0.25, 0.3) is 0 Å². The standard InChI is InChI=1S/C19H21ClN2O5S/c1-13-3-4-14(11-17(13)20)21-19(23)16-12-15(5-6-18(16)26-2)28(24,25)22-7-9-27-10-8-22/h3-6,11-12H,7-10H2,1-2H3,(H,21,23). The van der Waals surface area contributed by atoms with E-state index in [9.17, 15) is 13.2 Å². The first kappa shape index (κ1) is 20.6. The van der Waals surface area contributed by atoms with Crippen molar-refractivity contribution >= 4 is 33.2 Å². The van der Waals surface area contributed by atoms with E-state index in [1.165, 1.54) is 29.6 Å². The smallest absolute Gasteiger partial charge is 0.259 e. The molecule has 28 heavy (non-hydrogen) atoms. The van der Waals surface area contributed by atoms with Gasteiger partial charge in [-0.05, 0) is 42.8 Å². The number of halogens is 1. The van der Waals surface area contributed by atoms with E-state index in [4.69, 9.17) is 21.1 Å². The molecule has 1 saturated heterocycles. The van der Waals surface area contributed by atoms with E-state index in [2.05, 4.69) is 5.32 Å². The highest BCUT2D eigenvalue weighted by Crippen LogP contribution is 2.27. The summed E-state index contributed by atoms with van der Waals surface area (Å²) < 4.78 is 37.6. The summed E-state index contributed by atoms with van der Waals surface area (Å²) in [5.74, 6) is -0.215. The third kappa shape index (κ3) is 4.30. The number of carbonyl (C=O) groups excluding carboxylic acids is 1. The maximum absolute atomic E-state index is 12.9. The van der Waals surface area contributed by atoms with Crippen LogP contribution in [0.5, 0.6) is 5.75 Å². The lowest BCUT2D eigenvalue weighted by atomic mass is 10.1. The van der Waals surface area contributed by atoms with E-state index in [1.807, 2.05) is 6.92 Å². The minimum atomic E-state index is -3.73. The highest BCUT2D eigenvalue weighted by atomic mass is 35.5. The number of hydrogen-bond acceptors (Lipinski definition) is 5. The second kappa shape index (κ2) is 8.48. The monoisotopic (exact) mass is 424 g/mol. The molecule has 3 rings (SSSR count). The number of morpholine rings is 1. The molecule has 0 saturated carbocycles. The fourth-order valence-electron chi connectivity index (χ4n) is 2.83. The van der Waals surface area contributed by atoms with E-state index in [0.717, 1.165) is 5.56 Å². The van der Waals surface area contributed by atoms with Crippen LogP contribution in [0.15, 0.2) is 41.3 Å². The number of hydrogen-bond donors (Lipinski definition) is 1. The summed E-state index contributed by atoms with van der Waals surface area (Å²) >= 11 is 6.10. The maximum atomic E-state index is 12.9. The predicted octanol–water partition coefficient (Wildman–Crippen LogP) is 2.93. The SMILES string of the molecule is COc1ccc(S(=O)(=O)N2CCOCC2)cc1C(=O)Nc1ccc(C)c(Cl)c1. The van der Waals surface area contributed by atoms with E-state index in [-0.39, 0.29) is 29.3 Å². The summed E-state index contributed by atoms with van der Waals surface area (Å²) in [6.45, 7) is 3.10. The van der Waals surface area contributed by atoms with Crippen LogP contribution in [0, 0.1) is 6.92 Å². The number of rotatable bonds is 5. The summed E-state index contributed by atoms with van der Waals surface area (Å²) in [4.78, 5) is 12.8. The molecule has 0 atom stereocenters. The van der Waals surface area contributed by atoms with Gasteiger partial charge in [0.05, 0.1) is 30.8 Å². The maximum Gasteiger partial charge on any atom is 0.259 e. The first-order valence-corrected chi connectivity index (χ1v) is 10.5. The number of methoxy groups -OCH3 is 1. The van der Waals surface area contributed by atoms with Gasteiger partial charge in [-0.2, -0.15) is 4.31 Å². The van der Waals surface area contributed by atoms with E-state index in [1.54, 1.807) is 18.2 Å². The highest BCUT2D eigenvalue weighted by Gasteiger charge is 2.28. The number of amides is 1. The van der Waals surface area contributed by atoms with Gasteiger partial charge in [0.25, 0.3) is 5.91 Å². The average molecular weight is 425 g/mol. The van der Waals surface area contributed by atoms with Crippen LogP contribution < -0.4 is 10.1 Å². The molecule has 0 spiro atoms. The lowest BCUT2D eigenvalue weighted by Gasteiger charge is -2.26. The van der Waals surface area contributed by atoms with Gasteiger partial charge in [-0.25, -0.2) is 8.42 Å². The Bertz CT molecular complexity index is 988. The Hall–Kier alpha value is -2.13. The Labute approximate surface area is 169 Å². The molecule has 150 valence electrons. The van der Waals surface area contributed by atoms with Crippen molar-refractivity contribution in [3.63, 3.8) is 0 Å². The third-order valence-electron chi connectivity index (χ3n) is 4.45. The van der Waals surface area contributed by atoms with Gasteiger partial charge in [-0.15, -0.1) is 0 Å². The Morgan fingerprint density at radius 2 is 1.89 bits per heavy atom. The van der Waals surface area contributed by atoms with E-state index in [0.29, 0.717) is 23.9 Å². The van der Waals surface area contributed by atoms with E-state index >= 15 is 0 Å². The summed E-state index contributed by atoms with van der Waals surface area (Å²) in [5, 5.41) is 3.25. The van der Waals surface area contributed by atoms with Crippen molar-refractivity contribution in [2.45, 2.75) is 11.8 Å². The Morgan fingerprint density at radius 3 is 2.54 bits per heavy atom. The predicted molar refractivity (Wildman–Crippen MR) is 107 cm³/mol. The molecule has 0 aromatic heterocycles. The molecule has 9 heteroatoms. The Balaban J connectivity index is 1.92. The molecule has 0 bridgehead atoms. The third-order valence-corrected chi connectivity index (χ3v) is 6.75. The molecular formula is C19H21ClN2O5S. The Kier molecular flexibility index (Phi) is 6.24. The van der Waals surface area contributed by atoms with Gasteiger partial charge < -0.3 is 14.8 Å². The first-order valence-electron chi connectivity index (χ1n) is 8.66. The van der Waals surface area contributed by atoms with Crippen LogP contribution in [0.2, 0.25) is 5.02 Å². The van der Waals surface area contributed by atoms with Crippen LogP contribution in [0.3, 0.4) is 0 Å². The fourth-order valence-corrected chi connectivity index (χ4v) is 4.45. The van der Waals surface area contributed by atoms with Crippen molar-refractivity contribution in [2.75, 3.05) is 38.7 Å². The number of aryl methyl sites for hydroxylation is 1. The number of ether oxygens (including phenoxy) is 2. The second-order valence-corrected chi connectivity index (χ2v) is 8.64. The molecule has 1 heterocycles. The van der Waals surface area contributed by atoms with Crippen LogP contribution in [0.4, 0.5) is 5.69 Å². The van der Waals surface area contributed by atoms with Gasteiger partial charge in [-0.3, -0.25) is 4.79 Å². The largest absolute Gasteiger partial charge is 0.496 e. The Morgan fingerprint density at radius 1 is 1.18 bits per heavy atom. The van der Waals surface area contributed by atoms with Gasteiger partial charge in [0.1, 0.15) is 5.75 Å². The van der Waals surface area contributed by atoms with Crippen LogP contribution in [-0.2, 0) is 14.8 Å². The molecule has 1 amide bonds. The molecule has 1 aliphatic rings. The fraction of sp³-hybridized carbons (Fsp3) is 0.316.